The molecule has 0 aliphatic carbocycles. The van der Waals surface area contributed by atoms with E-state index in [9.17, 15) is 22.8 Å². The molecular weight excluding hydrogens is 299 g/mol. The first-order valence-corrected chi connectivity index (χ1v) is 7.70. The summed E-state index contributed by atoms with van der Waals surface area (Å²) >= 11 is 0. The molecule has 0 aromatic heterocycles. The van der Waals surface area contributed by atoms with Crippen LogP contribution >= 0.6 is 0 Å². The van der Waals surface area contributed by atoms with Crippen molar-refractivity contribution in [2.24, 2.45) is 5.92 Å². The Bertz CT molecular complexity index is 401. The Morgan fingerprint density at radius 1 is 1.05 bits per heavy atom. The molecular formula is C14H22F3N3O2. The standard InChI is InChI=1S/C14H22F3N3O2/c15-14(16,17)10-18-12(21)9-19-7-3-11(4-8-19)13(22)20-5-1-2-6-20/h11H,1-10H2,(H,18,21). The summed E-state index contributed by atoms with van der Waals surface area (Å²) in [5.41, 5.74) is 0. The van der Waals surface area contributed by atoms with Gasteiger partial charge in [0.25, 0.3) is 0 Å². The van der Waals surface area contributed by atoms with Crippen LogP contribution in [0.2, 0.25) is 0 Å². The van der Waals surface area contributed by atoms with E-state index in [2.05, 4.69) is 0 Å². The van der Waals surface area contributed by atoms with Gasteiger partial charge in [0.1, 0.15) is 6.54 Å². The van der Waals surface area contributed by atoms with Gasteiger partial charge in [-0.3, -0.25) is 14.5 Å². The number of nitrogens with zero attached hydrogens (tertiary/aromatic N) is 2. The number of amides is 2. The van der Waals surface area contributed by atoms with Crippen LogP contribution in [0, 0.1) is 5.92 Å². The van der Waals surface area contributed by atoms with Gasteiger partial charge in [-0.25, -0.2) is 0 Å². The summed E-state index contributed by atoms with van der Waals surface area (Å²) < 4.78 is 36.0. The molecule has 0 spiro atoms. The zero-order valence-corrected chi connectivity index (χ0v) is 12.5. The van der Waals surface area contributed by atoms with Crippen LogP contribution in [0.15, 0.2) is 0 Å². The minimum absolute atomic E-state index is 0.00686. The summed E-state index contributed by atoms with van der Waals surface area (Å²) in [6, 6.07) is 0. The van der Waals surface area contributed by atoms with E-state index in [1.807, 2.05) is 10.2 Å². The quantitative estimate of drug-likeness (QED) is 0.840. The van der Waals surface area contributed by atoms with Gasteiger partial charge in [-0.1, -0.05) is 0 Å². The Morgan fingerprint density at radius 3 is 2.18 bits per heavy atom. The Labute approximate surface area is 127 Å². The molecule has 126 valence electrons. The number of hydrogen-bond donors (Lipinski definition) is 1. The van der Waals surface area contributed by atoms with Crippen LogP contribution in [0.1, 0.15) is 25.7 Å². The van der Waals surface area contributed by atoms with Crippen molar-refractivity contribution in [3.63, 3.8) is 0 Å². The predicted octanol–water partition coefficient (Wildman–Crippen LogP) is 0.999. The average molecular weight is 321 g/mol. The highest BCUT2D eigenvalue weighted by atomic mass is 19.4. The third kappa shape index (κ3) is 5.15. The third-order valence-corrected chi connectivity index (χ3v) is 4.21. The highest BCUT2D eigenvalue weighted by Crippen LogP contribution is 2.21. The van der Waals surface area contributed by atoms with Gasteiger partial charge in [0, 0.05) is 19.0 Å². The summed E-state index contributed by atoms with van der Waals surface area (Å²) in [7, 11) is 0. The molecule has 0 radical (unpaired) electrons. The normalized spacial score (nSPS) is 21.1. The molecule has 2 rings (SSSR count). The fourth-order valence-corrected chi connectivity index (χ4v) is 2.99. The zero-order chi connectivity index (χ0) is 16.2. The van der Waals surface area contributed by atoms with Crippen LogP contribution < -0.4 is 5.32 Å². The fourth-order valence-electron chi connectivity index (χ4n) is 2.99. The van der Waals surface area contributed by atoms with Crippen molar-refractivity contribution in [1.82, 2.24) is 15.1 Å². The van der Waals surface area contributed by atoms with Gasteiger partial charge >= 0.3 is 6.18 Å². The number of halogens is 3. The summed E-state index contributed by atoms with van der Waals surface area (Å²) in [6.07, 6.45) is -0.928. The second kappa shape index (κ2) is 7.30. The van der Waals surface area contributed by atoms with Gasteiger partial charge in [0.15, 0.2) is 0 Å². The highest BCUT2D eigenvalue weighted by Gasteiger charge is 2.31. The second-order valence-corrected chi connectivity index (χ2v) is 5.97. The number of likely N-dealkylation sites (tertiary alicyclic amines) is 2. The van der Waals surface area contributed by atoms with E-state index in [-0.39, 0.29) is 18.4 Å². The number of piperidine rings is 1. The van der Waals surface area contributed by atoms with Crippen molar-refractivity contribution in [1.29, 1.82) is 0 Å². The summed E-state index contributed by atoms with van der Waals surface area (Å²) in [5, 5.41) is 1.87. The van der Waals surface area contributed by atoms with Gasteiger partial charge in [-0.15, -0.1) is 0 Å². The van der Waals surface area contributed by atoms with E-state index in [0.717, 1.165) is 25.9 Å². The maximum atomic E-state index is 12.2. The van der Waals surface area contributed by atoms with Crippen molar-refractivity contribution in [2.45, 2.75) is 31.9 Å². The molecule has 5 nitrogen and oxygen atoms in total. The van der Waals surface area contributed by atoms with Crippen LogP contribution in [0.4, 0.5) is 13.2 Å². The summed E-state index contributed by atoms with van der Waals surface area (Å²) in [4.78, 5) is 27.4. The van der Waals surface area contributed by atoms with Crippen LogP contribution in [0.3, 0.4) is 0 Å². The van der Waals surface area contributed by atoms with Crippen molar-refractivity contribution in [3.05, 3.63) is 0 Å². The van der Waals surface area contributed by atoms with E-state index in [1.165, 1.54) is 0 Å². The Hall–Kier alpha value is -1.31. The first-order valence-electron chi connectivity index (χ1n) is 7.70. The van der Waals surface area contributed by atoms with Crippen LogP contribution in [0.5, 0.6) is 0 Å². The molecule has 0 unspecified atom stereocenters. The zero-order valence-electron chi connectivity index (χ0n) is 12.5. The molecule has 2 amide bonds. The number of rotatable bonds is 4. The van der Waals surface area contributed by atoms with Crippen molar-refractivity contribution in [3.8, 4) is 0 Å². The molecule has 2 aliphatic heterocycles. The lowest BCUT2D eigenvalue weighted by molar-refractivity contribution is -0.140. The van der Waals surface area contributed by atoms with E-state index < -0.39 is 18.6 Å². The molecule has 22 heavy (non-hydrogen) atoms. The summed E-state index contributed by atoms with van der Waals surface area (Å²) in [6.45, 7) is 1.47. The Balaban J connectivity index is 1.68. The average Bonchev–Trinajstić information content (AvgIpc) is 2.99. The summed E-state index contributed by atoms with van der Waals surface area (Å²) in [5.74, 6) is -0.437. The molecule has 0 saturated carbocycles. The third-order valence-electron chi connectivity index (χ3n) is 4.21. The van der Waals surface area contributed by atoms with E-state index in [4.69, 9.17) is 0 Å². The van der Waals surface area contributed by atoms with Gasteiger partial charge in [0.05, 0.1) is 6.54 Å². The number of carbonyl (C=O) groups excluding carboxylic acids is 2. The smallest absolute Gasteiger partial charge is 0.346 e. The first kappa shape index (κ1) is 17.1. The van der Waals surface area contributed by atoms with Crippen molar-refractivity contribution >= 4 is 11.8 Å². The van der Waals surface area contributed by atoms with Gasteiger partial charge in [0.2, 0.25) is 11.8 Å². The fraction of sp³-hybridized carbons (Fsp3) is 0.857. The molecule has 0 atom stereocenters. The SMILES string of the molecule is O=C(CN1CCC(C(=O)N2CCCC2)CC1)NCC(F)(F)F. The van der Waals surface area contributed by atoms with Gasteiger partial charge in [-0.2, -0.15) is 13.2 Å². The molecule has 0 aromatic carbocycles. The van der Waals surface area contributed by atoms with Crippen molar-refractivity contribution < 1.29 is 22.8 Å². The number of alkyl halides is 3. The molecule has 2 fully saturated rings. The molecule has 8 heteroatoms. The maximum Gasteiger partial charge on any atom is 0.405 e. The lowest BCUT2D eigenvalue weighted by Gasteiger charge is -2.32. The molecule has 2 saturated heterocycles. The molecule has 2 aliphatic rings. The number of carbonyl (C=O) groups is 2. The van der Waals surface area contributed by atoms with Gasteiger partial charge in [-0.05, 0) is 38.8 Å². The molecule has 2 heterocycles. The van der Waals surface area contributed by atoms with E-state index >= 15 is 0 Å². The monoisotopic (exact) mass is 321 g/mol. The maximum absolute atomic E-state index is 12.2. The predicted molar refractivity (Wildman–Crippen MR) is 74.0 cm³/mol. The highest BCUT2D eigenvalue weighted by molar-refractivity contribution is 5.79. The molecule has 0 aromatic rings. The van der Waals surface area contributed by atoms with Crippen LogP contribution in [-0.2, 0) is 9.59 Å². The first-order chi connectivity index (χ1) is 10.3. The Kier molecular flexibility index (Phi) is 5.66. The second-order valence-electron chi connectivity index (χ2n) is 5.97. The van der Waals surface area contributed by atoms with Crippen LogP contribution in [0.25, 0.3) is 0 Å². The topological polar surface area (TPSA) is 52.7 Å². The van der Waals surface area contributed by atoms with E-state index in [1.54, 1.807) is 4.90 Å². The molecule has 1 N–H and O–H groups in total. The van der Waals surface area contributed by atoms with Crippen LogP contribution in [-0.4, -0.2) is 67.1 Å². The lowest BCUT2D eigenvalue weighted by Crippen LogP contribution is -2.46. The van der Waals surface area contributed by atoms with Gasteiger partial charge < -0.3 is 10.2 Å². The number of nitrogens with one attached hydrogen (secondary N) is 1. The van der Waals surface area contributed by atoms with Crippen molar-refractivity contribution in [2.75, 3.05) is 39.3 Å². The Morgan fingerprint density at radius 2 is 1.64 bits per heavy atom. The number of hydrogen-bond acceptors (Lipinski definition) is 3. The van der Waals surface area contributed by atoms with E-state index in [0.29, 0.717) is 25.9 Å². The molecule has 0 bridgehead atoms. The minimum Gasteiger partial charge on any atom is -0.346 e. The lowest BCUT2D eigenvalue weighted by atomic mass is 9.95. The largest absolute Gasteiger partial charge is 0.405 e. The minimum atomic E-state index is -4.38.